The van der Waals surface area contributed by atoms with Crippen LogP contribution in [0.15, 0.2) is 42.6 Å². The molecule has 3 aromatic rings. The van der Waals surface area contributed by atoms with Gasteiger partial charge in [0.2, 0.25) is 0 Å². The Morgan fingerprint density at radius 1 is 1.08 bits per heavy atom. The fraction of sp³-hybridized carbons (Fsp3) is 0.333. The summed E-state index contributed by atoms with van der Waals surface area (Å²) < 4.78 is 19.7. The Bertz CT molecular complexity index is 960. The number of H-pyrrole nitrogens is 1. The average molecular weight is 338 g/mol. The second-order valence-electron chi connectivity index (χ2n) is 7.80. The SMILES string of the molecule is COc1cc2c(cc1F)[C@@](C)(c1c[nH]c3ccccc13)CC(C)(C)N2. The number of hydrogen-bond acceptors (Lipinski definition) is 2. The summed E-state index contributed by atoms with van der Waals surface area (Å²) in [4.78, 5) is 3.37. The lowest BCUT2D eigenvalue weighted by Gasteiger charge is -2.45. The highest BCUT2D eigenvalue weighted by Crippen LogP contribution is 2.50. The number of ether oxygens (including phenoxy) is 1. The van der Waals surface area contributed by atoms with E-state index in [-0.39, 0.29) is 22.5 Å². The van der Waals surface area contributed by atoms with Crippen LogP contribution < -0.4 is 10.1 Å². The first kappa shape index (κ1) is 16.0. The van der Waals surface area contributed by atoms with Gasteiger partial charge in [0, 0.05) is 39.8 Å². The van der Waals surface area contributed by atoms with E-state index in [1.54, 1.807) is 12.1 Å². The first-order valence-corrected chi connectivity index (χ1v) is 8.57. The first-order valence-electron chi connectivity index (χ1n) is 8.57. The molecule has 2 heterocycles. The number of aromatic nitrogens is 1. The van der Waals surface area contributed by atoms with Crippen molar-refractivity contribution in [3.63, 3.8) is 0 Å². The second-order valence-corrected chi connectivity index (χ2v) is 7.80. The molecule has 0 saturated carbocycles. The number of methoxy groups -OCH3 is 1. The van der Waals surface area contributed by atoms with Crippen molar-refractivity contribution in [2.75, 3.05) is 12.4 Å². The number of benzene rings is 2. The van der Waals surface area contributed by atoms with Gasteiger partial charge in [-0.1, -0.05) is 25.1 Å². The van der Waals surface area contributed by atoms with E-state index < -0.39 is 0 Å². The molecular formula is C21H23FN2O. The molecule has 1 aliphatic rings. The van der Waals surface area contributed by atoms with Crippen LogP contribution in [0.3, 0.4) is 0 Å². The molecule has 0 spiro atoms. The minimum absolute atomic E-state index is 0.122. The highest BCUT2D eigenvalue weighted by molar-refractivity contribution is 5.85. The predicted octanol–water partition coefficient (Wildman–Crippen LogP) is 5.22. The Hall–Kier alpha value is -2.49. The topological polar surface area (TPSA) is 37.0 Å². The smallest absolute Gasteiger partial charge is 0.165 e. The number of nitrogens with one attached hydrogen (secondary N) is 2. The predicted molar refractivity (Wildman–Crippen MR) is 100 cm³/mol. The molecule has 0 bridgehead atoms. The molecule has 0 amide bonds. The minimum Gasteiger partial charge on any atom is -0.494 e. The van der Waals surface area contributed by atoms with Crippen LogP contribution >= 0.6 is 0 Å². The maximum Gasteiger partial charge on any atom is 0.165 e. The Balaban J connectivity index is 2.00. The quantitative estimate of drug-likeness (QED) is 0.672. The van der Waals surface area contributed by atoms with Crippen molar-refractivity contribution in [1.29, 1.82) is 0 Å². The molecule has 2 aromatic carbocycles. The summed E-state index contributed by atoms with van der Waals surface area (Å²) >= 11 is 0. The molecule has 130 valence electrons. The van der Waals surface area contributed by atoms with Gasteiger partial charge >= 0.3 is 0 Å². The van der Waals surface area contributed by atoms with E-state index in [1.165, 1.54) is 18.1 Å². The van der Waals surface area contributed by atoms with Crippen molar-refractivity contribution in [3.05, 3.63) is 59.5 Å². The number of hydrogen-bond donors (Lipinski definition) is 2. The zero-order valence-electron chi connectivity index (χ0n) is 15.0. The molecule has 0 saturated heterocycles. The molecule has 3 nitrogen and oxygen atoms in total. The van der Waals surface area contributed by atoms with Crippen LogP contribution in [0.5, 0.6) is 5.75 Å². The van der Waals surface area contributed by atoms with E-state index in [0.29, 0.717) is 0 Å². The molecular weight excluding hydrogens is 315 g/mol. The number of rotatable bonds is 2. The summed E-state index contributed by atoms with van der Waals surface area (Å²) in [5.74, 6) is -0.0564. The molecule has 0 unspecified atom stereocenters. The van der Waals surface area contributed by atoms with Crippen LogP contribution in [-0.4, -0.2) is 17.6 Å². The van der Waals surface area contributed by atoms with Gasteiger partial charge in [0.25, 0.3) is 0 Å². The average Bonchev–Trinajstić information content (AvgIpc) is 2.99. The van der Waals surface area contributed by atoms with E-state index in [2.05, 4.69) is 49.4 Å². The van der Waals surface area contributed by atoms with Crippen LogP contribution in [0, 0.1) is 5.82 Å². The number of halogens is 1. The van der Waals surface area contributed by atoms with Crippen LogP contribution in [0.2, 0.25) is 0 Å². The molecule has 0 radical (unpaired) electrons. The maximum atomic E-state index is 14.5. The summed E-state index contributed by atoms with van der Waals surface area (Å²) in [6, 6.07) is 11.7. The molecule has 4 rings (SSSR count). The van der Waals surface area contributed by atoms with Crippen molar-refractivity contribution in [3.8, 4) is 5.75 Å². The Morgan fingerprint density at radius 3 is 2.60 bits per heavy atom. The monoisotopic (exact) mass is 338 g/mol. The van der Waals surface area contributed by atoms with Gasteiger partial charge in [-0.15, -0.1) is 0 Å². The van der Waals surface area contributed by atoms with Crippen molar-refractivity contribution in [2.45, 2.75) is 38.1 Å². The lowest BCUT2D eigenvalue weighted by atomic mass is 9.66. The van der Waals surface area contributed by atoms with Crippen LogP contribution in [0.1, 0.15) is 38.3 Å². The maximum absolute atomic E-state index is 14.5. The highest BCUT2D eigenvalue weighted by atomic mass is 19.1. The second kappa shape index (κ2) is 5.25. The van der Waals surface area contributed by atoms with Crippen molar-refractivity contribution in [2.24, 2.45) is 0 Å². The molecule has 1 atom stereocenters. The van der Waals surface area contributed by atoms with Gasteiger partial charge in [0.1, 0.15) is 0 Å². The van der Waals surface area contributed by atoms with Crippen LogP contribution in [0.4, 0.5) is 10.1 Å². The number of aromatic amines is 1. The molecule has 1 aromatic heterocycles. The number of anilines is 1. The molecule has 2 N–H and O–H groups in total. The zero-order chi connectivity index (χ0) is 17.8. The Kier molecular flexibility index (Phi) is 3.36. The van der Waals surface area contributed by atoms with Gasteiger partial charge in [-0.05, 0) is 43.5 Å². The molecule has 4 heteroatoms. The van der Waals surface area contributed by atoms with Gasteiger partial charge in [-0.25, -0.2) is 4.39 Å². The Morgan fingerprint density at radius 2 is 1.84 bits per heavy atom. The van der Waals surface area contributed by atoms with E-state index in [9.17, 15) is 4.39 Å². The largest absolute Gasteiger partial charge is 0.494 e. The first-order chi connectivity index (χ1) is 11.8. The lowest BCUT2D eigenvalue weighted by Crippen LogP contribution is -2.45. The van der Waals surface area contributed by atoms with Crippen LogP contribution in [0.25, 0.3) is 10.9 Å². The molecule has 1 aliphatic heterocycles. The van der Waals surface area contributed by atoms with Crippen molar-refractivity contribution >= 4 is 16.6 Å². The third kappa shape index (κ3) is 2.39. The summed E-state index contributed by atoms with van der Waals surface area (Å²) in [5.41, 5.74) is 3.77. The van der Waals surface area contributed by atoms with Gasteiger partial charge in [0.15, 0.2) is 11.6 Å². The van der Waals surface area contributed by atoms with Gasteiger partial charge < -0.3 is 15.0 Å². The van der Waals surface area contributed by atoms with E-state index in [0.717, 1.165) is 23.2 Å². The fourth-order valence-electron chi connectivity index (χ4n) is 4.43. The normalized spacial score (nSPS) is 21.6. The van der Waals surface area contributed by atoms with E-state index in [4.69, 9.17) is 4.74 Å². The summed E-state index contributed by atoms with van der Waals surface area (Å²) in [6.07, 6.45) is 2.93. The third-order valence-corrected chi connectivity index (χ3v) is 5.34. The van der Waals surface area contributed by atoms with Gasteiger partial charge in [-0.2, -0.15) is 0 Å². The summed E-state index contributed by atoms with van der Waals surface area (Å²) in [5, 5.41) is 4.73. The summed E-state index contributed by atoms with van der Waals surface area (Å²) in [7, 11) is 1.50. The zero-order valence-corrected chi connectivity index (χ0v) is 15.0. The van der Waals surface area contributed by atoms with E-state index in [1.807, 2.05) is 12.1 Å². The summed E-state index contributed by atoms with van der Waals surface area (Å²) in [6.45, 7) is 6.56. The van der Waals surface area contributed by atoms with Gasteiger partial charge in [0.05, 0.1) is 7.11 Å². The number of fused-ring (bicyclic) bond motifs is 2. The van der Waals surface area contributed by atoms with Crippen LogP contribution in [-0.2, 0) is 5.41 Å². The number of para-hydroxylation sites is 1. The molecule has 25 heavy (non-hydrogen) atoms. The molecule has 0 aliphatic carbocycles. The lowest BCUT2D eigenvalue weighted by molar-refractivity contribution is 0.366. The standard InChI is InChI=1S/C21H23FN2O/c1-20(2)12-21(3,15-11-23-17-8-6-5-7-13(15)17)14-9-16(22)19(25-4)10-18(14)24-20/h5-11,23-24H,12H2,1-4H3/t21-/m0/s1. The fourth-order valence-corrected chi connectivity index (χ4v) is 4.43. The molecule has 0 fully saturated rings. The highest BCUT2D eigenvalue weighted by Gasteiger charge is 2.43. The van der Waals surface area contributed by atoms with Crippen molar-refractivity contribution in [1.82, 2.24) is 4.98 Å². The van der Waals surface area contributed by atoms with Gasteiger partial charge in [-0.3, -0.25) is 0 Å². The van der Waals surface area contributed by atoms with E-state index >= 15 is 0 Å². The Labute approximate surface area is 147 Å². The minimum atomic E-state index is -0.325. The third-order valence-electron chi connectivity index (χ3n) is 5.34. The van der Waals surface area contributed by atoms with Crippen molar-refractivity contribution < 1.29 is 9.13 Å².